The third-order valence-electron chi connectivity index (χ3n) is 6.17. The number of benzene rings is 2. The van der Waals surface area contributed by atoms with Crippen molar-refractivity contribution in [3.05, 3.63) is 59.7 Å². The van der Waals surface area contributed by atoms with Gasteiger partial charge in [-0.1, -0.05) is 36.4 Å². The SMILES string of the molecule is CN1C(=O)CCc2c(OCCCN3CCC(c4ccccc4)CC3)cccc21. The van der Waals surface area contributed by atoms with Crippen LogP contribution < -0.4 is 9.64 Å². The first kappa shape index (κ1) is 19.0. The summed E-state index contributed by atoms with van der Waals surface area (Å²) in [6, 6.07) is 16.9. The lowest BCUT2D eigenvalue weighted by atomic mass is 9.89. The normalized spacial score (nSPS) is 18.2. The van der Waals surface area contributed by atoms with Crippen LogP contribution >= 0.6 is 0 Å². The van der Waals surface area contributed by atoms with Crippen molar-refractivity contribution in [2.75, 3.05) is 38.2 Å². The quantitative estimate of drug-likeness (QED) is 0.705. The van der Waals surface area contributed by atoms with E-state index in [-0.39, 0.29) is 5.91 Å². The number of likely N-dealkylation sites (tertiary alicyclic amines) is 1. The van der Waals surface area contributed by atoms with Crippen molar-refractivity contribution in [1.29, 1.82) is 0 Å². The zero-order valence-electron chi connectivity index (χ0n) is 16.8. The fourth-order valence-corrected chi connectivity index (χ4v) is 4.47. The molecule has 2 aliphatic rings. The van der Waals surface area contributed by atoms with E-state index >= 15 is 0 Å². The predicted octanol–water partition coefficient (Wildman–Crippen LogP) is 4.24. The summed E-state index contributed by atoms with van der Waals surface area (Å²) in [6.07, 6.45) is 4.88. The standard InChI is InChI=1S/C24H30N2O2/c1-25-22-9-5-10-23(21(22)11-12-24(25)27)28-18-6-15-26-16-13-20(14-17-26)19-7-3-2-4-8-19/h2-5,7-10,20H,6,11-18H2,1H3. The molecule has 0 bridgehead atoms. The second kappa shape index (κ2) is 8.78. The molecule has 0 N–H and O–H groups in total. The molecule has 148 valence electrons. The second-order valence-corrected chi connectivity index (χ2v) is 7.94. The molecule has 0 atom stereocenters. The molecule has 2 aliphatic heterocycles. The minimum atomic E-state index is 0.184. The minimum absolute atomic E-state index is 0.184. The van der Waals surface area contributed by atoms with Gasteiger partial charge in [-0.15, -0.1) is 0 Å². The number of ether oxygens (including phenoxy) is 1. The molecule has 0 radical (unpaired) electrons. The lowest BCUT2D eigenvalue weighted by Gasteiger charge is -2.32. The molecule has 4 nitrogen and oxygen atoms in total. The fraction of sp³-hybridized carbons (Fsp3) is 0.458. The van der Waals surface area contributed by atoms with Crippen LogP contribution in [0.15, 0.2) is 48.5 Å². The average Bonchev–Trinajstić information content (AvgIpc) is 2.75. The van der Waals surface area contributed by atoms with E-state index in [0.717, 1.165) is 37.4 Å². The maximum atomic E-state index is 11.9. The summed E-state index contributed by atoms with van der Waals surface area (Å²) in [4.78, 5) is 16.2. The summed E-state index contributed by atoms with van der Waals surface area (Å²) >= 11 is 0. The van der Waals surface area contributed by atoms with Crippen LogP contribution in [0.1, 0.15) is 42.7 Å². The van der Waals surface area contributed by atoms with Gasteiger partial charge in [0.1, 0.15) is 5.75 Å². The molecule has 0 saturated carbocycles. The van der Waals surface area contributed by atoms with E-state index in [1.54, 1.807) is 4.90 Å². The summed E-state index contributed by atoms with van der Waals surface area (Å²) in [5, 5.41) is 0. The number of hydrogen-bond donors (Lipinski definition) is 0. The maximum absolute atomic E-state index is 11.9. The van der Waals surface area contributed by atoms with Crippen molar-refractivity contribution in [1.82, 2.24) is 4.90 Å². The second-order valence-electron chi connectivity index (χ2n) is 7.94. The Morgan fingerprint density at radius 3 is 2.57 bits per heavy atom. The van der Waals surface area contributed by atoms with Crippen molar-refractivity contribution in [2.24, 2.45) is 0 Å². The van der Waals surface area contributed by atoms with Gasteiger partial charge in [-0.2, -0.15) is 0 Å². The topological polar surface area (TPSA) is 32.8 Å². The van der Waals surface area contributed by atoms with Crippen molar-refractivity contribution < 1.29 is 9.53 Å². The Morgan fingerprint density at radius 1 is 1.00 bits per heavy atom. The number of piperidine rings is 1. The van der Waals surface area contributed by atoms with E-state index in [9.17, 15) is 4.79 Å². The number of nitrogens with zero attached hydrogens (tertiary/aromatic N) is 2. The van der Waals surface area contributed by atoms with E-state index in [0.29, 0.717) is 12.3 Å². The van der Waals surface area contributed by atoms with Crippen molar-refractivity contribution in [3.63, 3.8) is 0 Å². The first-order chi connectivity index (χ1) is 13.7. The van der Waals surface area contributed by atoms with E-state index in [1.807, 2.05) is 25.2 Å². The van der Waals surface area contributed by atoms with Gasteiger partial charge < -0.3 is 14.5 Å². The van der Waals surface area contributed by atoms with Gasteiger partial charge in [-0.25, -0.2) is 0 Å². The Bertz CT molecular complexity index is 798. The molecule has 2 aromatic rings. The minimum Gasteiger partial charge on any atom is -0.493 e. The highest BCUT2D eigenvalue weighted by atomic mass is 16.5. The highest BCUT2D eigenvalue weighted by molar-refractivity contribution is 5.96. The van der Waals surface area contributed by atoms with E-state index in [1.165, 1.54) is 37.1 Å². The molecule has 4 rings (SSSR count). The molecule has 0 aromatic heterocycles. The number of fused-ring (bicyclic) bond motifs is 1. The molecule has 0 spiro atoms. The third kappa shape index (κ3) is 4.22. The van der Waals surface area contributed by atoms with Gasteiger partial charge in [0.15, 0.2) is 0 Å². The maximum Gasteiger partial charge on any atom is 0.227 e. The van der Waals surface area contributed by atoms with Gasteiger partial charge in [0, 0.05) is 25.6 Å². The van der Waals surface area contributed by atoms with E-state index in [2.05, 4.69) is 35.2 Å². The lowest BCUT2D eigenvalue weighted by molar-refractivity contribution is -0.118. The van der Waals surface area contributed by atoms with Gasteiger partial charge in [-0.05, 0) is 62.4 Å². The van der Waals surface area contributed by atoms with Crippen LogP contribution in [0.4, 0.5) is 5.69 Å². The molecule has 1 amide bonds. The zero-order chi connectivity index (χ0) is 19.3. The van der Waals surface area contributed by atoms with E-state index < -0.39 is 0 Å². The van der Waals surface area contributed by atoms with Crippen LogP contribution in [0, 0.1) is 0 Å². The summed E-state index contributed by atoms with van der Waals surface area (Å²) < 4.78 is 6.10. The Kier molecular flexibility index (Phi) is 5.96. The molecular weight excluding hydrogens is 348 g/mol. The first-order valence-corrected chi connectivity index (χ1v) is 10.5. The number of carbonyl (C=O) groups excluding carboxylic acids is 1. The van der Waals surface area contributed by atoms with Gasteiger partial charge in [0.25, 0.3) is 0 Å². The Labute approximate surface area is 168 Å². The van der Waals surface area contributed by atoms with E-state index in [4.69, 9.17) is 4.74 Å². The van der Waals surface area contributed by atoms with Crippen molar-refractivity contribution >= 4 is 11.6 Å². The number of hydrogen-bond acceptors (Lipinski definition) is 3. The largest absolute Gasteiger partial charge is 0.493 e. The monoisotopic (exact) mass is 378 g/mol. The van der Waals surface area contributed by atoms with Gasteiger partial charge in [-0.3, -0.25) is 4.79 Å². The van der Waals surface area contributed by atoms with Crippen LogP contribution in [0.2, 0.25) is 0 Å². The number of amides is 1. The highest BCUT2D eigenvalue weighted by Gasteiger charge is 2.23. The van der Waals surface area contributed by atoms with Gasteiger partial charge in [0.05, 0.1) is 12.3 Å². The molecule has 2 heterocycles. The lowest BCUT2D eigenvalue weighted by Crippen LogP contribution is -2.34. The first-order valence-electron chi connectivity index (χ1n) is 10.5. The van der Waals surface area contributed by atoms with Crippen LogP contribution in [0.5, 0.6) is 5.75 Å². The predicted molar refractivity (Wildman–Crippen MR) is 113 cm³/mol. The summed E-state index contributed by atoms with van der Waals surface area (Å²) in [7, 11) is 1.85. The zero-order valence-corrected chi connectivity index (χ0v) is 16.8. The Morgan fingerprint density at radius 2 is 1.79 bits per heavy atom. The van der Waals surface area contributed by atoms with Gasteiger partial charge in [0.2, 0.25) is 5.91 Å². The molecule has 4 heteroatoms. The molecule has 1 fully saturated rings. The molecule has 1 saturated heterocycles. The van der Waals surface area contributed by atoms with Crippen molar-refractivity contribution in [2.45, 2.75) is 38.0 Å². The average molecular weight is 379 g/mol. The van der Waals surface area contributed by atoms with Crippen LogP contribution in [-0.4, -0.2) is 44.1 Å². The van der Waals surface area contributed by atoms with Gasteiger partial charge >= 0.3 is 0 Å². The fourth-order valence-electron chi connectivity index (χ4n) is 4.47. The van der Waals surface area contributed by atoms with Crippen molar-refractivity contribution in [3.8, 4) is 5.75 Å². The third-order valence-corrected chi connectivity index (χ3v) is 6.17. The molecular formula is C24H30N2O2. The Balaban J connectivity index is 1.23. The number of rotatable bonds is 6. The van der Waals surface area contributed by atoms with Crippen LogP contribution in [0.25, 0.3) is 0 Å². The molecule has 2 aromatic carbocycles. The highest BCUT2D eigenvalue weighted by Crippen LogP contribution is 2.34. The summed E-state index contributed by atoms with van der Waals surface area (Å²) in [5.74, 6) is 1.84. The Hall–Kier alpha value is -2.33. The van der Waals surface area contributed by atoms with Crippen LogP contribution in [-0.2, 0) is 11.2 Å². The number of carbonyl (C=O) groups is 1. The summed E-state index contributed by atoms with van der Waals surface area (Å²) in [5.41, 5.74) is 3.66. The molecule has 28 heavy (non-hydrogen) atoms. The molecule has 0 aliphatic carbocycles. The number of anilines is 1. The smallest absolute Gasteiger partial charge is 0.227 e. The molecule has 0 unspecified atom stereocenters. The van der Waals surface area contributed by atoms with Crippen LogP contribution in [0.3, 0.4) is 0 Å². The summed E-state index contributed by atoms with van der Waals surface area (Å²) in [6.45, 7) is 4.17.